The van der Waals surface area contributed by atoms with Gasteiger partial charge in [0.15, 0.2) is 6.61 Å². The molecule has 1 aliphatic rings. The Kier molecular flexibility index (Phi) is 4.42. The van der Waals surface area contributed by atoms with Crippen molar-refractivity contribution in [1.82, 2.24) is 0 Å². The molecule has 4 nitrogen and oxygen atoms in total. The number of fused-ring (bicyclic) bond motifs is 1. The van der Waals surface area contributed by atoms with Crippen LogP contribution in [0.25, 0.3) is 0 Å². The fraction of sp³-hybridized carbons (Fsp3) is 0.263. The lowest BCUT2D eigenvalue weighted by molar-refractivity contribution is -0.147. The van der Waals surface area contributed by atoms with Crippen LogP contribution in [0.2, 0.25) is 0 Å². The molecule has 2 aromatic rings. The summed E-state index contributed by atoms with van der Waals surface area (Å²) in [6.45, 7) is 1.79. The Morgan fingerprint density at radius 1 is 1.09 bits per heavy atom. The zero-order chi connectivity index (χ0) is 16.2. The van der Waals surface area contributed by atoms with Crippen LogP contribution in [0.5, 0.6) is 0 Å². The molecule has 1 amide bonds. The van der Waals surface area contributed by atoms with Crippen LogP contribution in [0.3, 0.4) is 0 Å². The van der Waals surface area contributed by atoms with Crippen molar-refractivity contribution >= 4 is 17.6 Å². The molecule has 0 aromatic heterocycles. The van der Waals surface area contributed by atoms with E-state index >= 15 is 0 Å². The second-order valence-corrected chi connectivity index (χ2v) is 5.77. The summed E-state index contributed by atoms with van der Waals surface area (Å²) in [7, 11) is 0. The molecule has 0 radical (unpaired) electrons. The van der Waals surface area contributed by atoms with E-state index in [-0.39, 0.29) is 30.9 Å². The molecule has 0 saturated carbocycles. The van der Waals surface area contributed by atoms with Gasteiger partial charge in [-0.05, 0) is 30.5 Å². The van der Waals surface area contributed by atoms with Gasteiger partial charge in [0.2, 0.25) is 0 Å². The van der Waals surface area contributed by atoms with E-state index in [4.69, 9.17) is 4.74 Å². The summed E-state index contributed by atoms with van der Waals surface area (Å²) in [5.41, 5.74) is 2.96. The molecule has 2 aromatic carbocycles. The molecule has 1 aliphatic heterocycles. The fourth-order valence-electron chi connectivity index (χ4n) is 2.97. The van der Waals surface area contributed by atoms with Crippen LogP contribution in [0.15, 0.2) is 54.6 Å². The lowest BCUT2D eigenvalue weighted by atomic mass is 10.1. The number of anilines is 1. The Labute approximate surface area is 135 Å². The number of carbonyl (C=O) groups is 2. The van der Waals surface area contributed by atoms with E-state index < -0.39 is 0 Å². The average Bonchev–Trinajstić information content (AvgIpc) is 2.89. The molecule has 0 aliphatic carbocycles. The number of esters is 1. The van der Waals surface area contributed by atoms with Gasteiger partial charge in [0.05, 0.1) is 6.42 Å². The Hall–Kier alpha value is -2.62. The maximum Gasteiger partial charge on any atom is 0.310 e. The standard InChI is InChI=1S/C19H19NO3/c1-14-11-16-9-5-6-10-17(16)20(14)18(21)13-23-19(22)12-15-7-3-2-4-8-15/h2-10,14H,11-13H2,1H3/t14-/m1/s1. The van der Waals surface area contributed by atoms with Crippen molar-refractivity contribution in [2.24, 2.45) is 0 Å². The summed E-state index contributed by atoms with van der Waals surface area (Å²) in [4.78, 5) is 26.0. The third-order valence-corrected chi connectivity index (χ3v) is 4.02. The summed E-state index contributed by atoms with van der Waals surface area (Å²) in [6, 6.07) is 17.3. The van der Waals surface area contributed by atoms with Crippen molar-refractivity contribution < 1.29 is 14.3 Å². The SMILES string of the molecule is C[C@@H]1Cc2ccccc2N1C(=O)COC(=O)Cc1ccccc1. The minimum Gasteiger partial charge on any atom is -0.455 e. The molecule has 0 unspecified atom stereocenters. The minimum atomic E-state index is -0.385. The number of benzene rings is 2. The normalized spacial score (nSPS) is 16.0. The van der Waals surface area contributed by atoms with Gasteiger partial charge in [-0.2, -0.15) is 0 Å². The maximum absolute atomic E-state index is 12.4. The average molecular weight is 309 g/mol. The van der Waals surface area contributed by atoms with E-state index in [9.17, 15) is 9.59 Å². The topological polar surface area (TPSA) is 46.6 Å². The van der Waals surface area contributed by atoms with Crippen molar-refractivity contribution in [3.05, 3.63) is 65.7 Å². The molecule has 118 valence electrons. The van der Waals surface area contributed by atoms with Crippen molar-refractivity contribution in [3.63, 3.8) is 0 Å². The predicted molar refractivity (Wildman–Crippen MR) is 88.2 cm³/mol. The van der Waals surface area contributed by atoms with E-state index in [0.29, 0.717) is 0 Å². The zero-order valence-corrected chi connectivity index (χ0v) is 13.1. The number of para-hydroxylation sites is 1. The third kappa shape index (κ3) is 3.42. The van der Waals surface area contributed by atoms with Crippen molar-refractivity contribution in [1.29, 1.82) is 0 Å². The second kappa shape index (κ2) is 6.65. The van der Waals surface area contributed by atoms with Gasteiger partial charge in [-0.15, -0.1) is 0 Å². The Morgan fingerprint density at radius 2 is 1.78 bits per heavy atom. The van der Waals surface area contributed by atoms with Gasteiger partial charge >= 0.3 is 5.97 Å². The highest BCUT2D eigenvalue weighted by molar-refractivity contribution is 5.97. The Balaban J connectivity index is 1.58. The molecule has 0 fully saturated rings. The van der Waals surface area contributed by atoms with E-state index in [2.05, 4.69) is 0 Å². The molecule has 0 N–H and O–H groups in total. The van der Waals surface area contributed by atoms with E-state index in [1.54, 1.807) is 4.90 Å². The molecule has 0 saturated heterocycles. The number of amides is 1. The van der Waals surface area contributed by atoms with Gasteiger partial charge in [0.1, 0.15) is 0 Å². The predicted octanol–water partition coefficient (Wildman–Crippen LogP) is 2.75. The number of hydrogen-bond acceptors (Lipinski definition) is 3. The van der Waals surface area contributed by atoms with Crippen molar-refractivity contribution in [3.8, 4) is 0 Å². The first-order valence-corrected chi connectivity index (χ1v) is 7.74. The van der Waals surface area contributed by atoms with E-state index in [1.807, 2.05) is 61.5 Å². The first kappa shape index (κ1) is 15.3. The first-order valence-electron chi connectivity index (χ1n) is 7.74. The molecule has 0 bridgehead atoms. The quantitative estimate of drug-likeness (QED) is 0.816. The summed E-state index contributed by atoms with van der Waals surface area (Å²) in [6.07, 6.45) is 1.01. The van der Waals surface area contributed by atoms with E-state index in [0.717, 1.165) is 23.2 Å². The fourth-order valence-corrected chi connectivity index (χ4v) is 2.97. The summed E-state index contributed by atoms with van der Waals surface area (Å²) in [5, 5.41) is 0. The highest BCUT2D eigenvalue weighted by atomic mass is 16.5. The van der Waals surface area contributed by atoms with Gasteiger partial charge in [-0.1, -0.05) is 48.5 Å². The summed E-state index contributed by atoms with van der Waals surface area (Å²) in [5.74, 6) is -0.562. The monoisotopic (exact) mass is 309 g/mol. The molecule has 4 heteroatoms. The van der Waals surface area contributed by atoms with Crippen LogP contribution in [0.4, 0.5) is 5.69 Å². The first-order chi connectivity index (χ1) is 11.1. The van der Waals surface area contributed by atoms with Gasteiger partial charge in [0, 0.05) is 11.7 Å². The van der Waals surface area contributed by atoms with Crippen LogP contribution < -0.4 is 4.90 Å². The number of hydrogen-bond donors (Lipinski definition) is 0. The lowest BCUT2D eigenvalue weighted by Gasteiger charge is -2.22. The Morgan fingerprint density at radius 3 is 2.57 bits per heavy atom. The molecule has 0 spiro atoms. The second-order valence-electron chi connectivity index (χ2n) is 5.77. The van der Waals surface area contributed by atoms with Crippen molar-refractivity contribution in [2.45, 2.75) is 25.8 Å². The van der Waals surface area contributed by atoms with Crippen LogP contribution in [0.1, 0.15) is 18.1 Å². The highest BCUT2D eigenvalue weighted by Gasteiger charge is 2.30. The molecule has 1 heterocycles. The summed E-state index contributed by atoms with van der Waals surface area (Å²) < 4.78 is 5.15. The van der Waals surface area contributed by atoms with Gasteiger partial charge in [-0.3, -0.25) is 9.59 Å². The van der Waals surface area contributed by atoms with Crippen LogP contribution in [-0.4, -0.2) is 24.5 Å². The largest absolute Gasteiger partial charge is 0.455 e. The highest BCUT2D eigenvalue weighted by Crippen LogP contribution is 2.31. The lowest BCUT2D eigenvalue weighted by Crippen LogP contribution is -2.38. The third-order valence-electron chi connectivity index (χ3n) is 4.02. The number of ether oxygens (including phenoxy) is 1. The zero-order valence-electron chi connectivity index (χ0n) is 13.1. The van der Waals surface area contributed by atoms with Crippen LogP contribution in [0, 0.1) is 0 Å². The van der Waals surface area contributed by atoms with Gasteiger partial charge < -0.3 is 9.64 Å². The smallest absolute Gasteiger partial charge is 0.310 e. The summed E-state index contributed by atoms with van der Waals surface area (Å²) >= 11 is 0. The van der Waals surface area contributed by atoms with E-state index in [1.165, 1.54) is 0 Å². The van der Waals surface area contributed by atoms with Gasteiger partial charge in [0.25, 0.3) is 5.91 Å². The van der Waals surface area contributed by atoms with Crippen LogP contribution in [-0.2, 0) is 27.2 Å². The maximum atomic E-state index is 12.4. The van der Waals surface area contributed by atoms with Crippen LogP contribution >= 0.6 is 0 Å². The Bertz CT molecular complexity index is 712. The molecule has 3 rings (SSSR count). The molecule has 1 atom stereocenters. The number of rotatable bonds is 4. The number of carbonyl (C=O) groups excluding carboxylic acids is 2. The van der Waals surface area contributed by atoms with Crippen molar-refractivity contribution in [2.75, 3.05) is 11.5 Å². The molecule has 23 heavy (non-hydrogen) atoms. The molecular weight excluding hydrogens is 290 g/mol. The minimum absolute atomic E-state index is 0.0905. The molecular formula is C19H19NO3. The number of nitrogens with zero attached hydrogens (tertiary/aromatic N) is 1. The van der Waals surface area contributed by atoms with Gasteiger partial charge in [-0.25, -0.2) is 0 Å².